The molecule has 28 heavy (non-hydrogen) atoms. The number of benzene rings is 2. The monoisotopic (exact) mass is 469 g/mol. The molecule has 1 amide bonds. The van der Waals surface area contributed by atoms with E-state index in [1.54, 1.807) is 36.4 Å². The first-order valence-corrected chi connectivity index (χ1v) is 10.7. The van der Waals surface area contributed by atoms with E-state index in [0.29, 0.717) is 17.1 Å². The summed E-state index contributed by atoms with van der Waals surface area (Å²) in [6, 6.07) is 11.9. The third-order valence-corrected chi connectivity index (χ3v) is 5.25. The van der Waals surface area contributed by atoms with Crippen LogP contribution in [0.15, 0.2) is 52.0 Å². The predicted octanol–water partition coefficient (Wildman–Crippen LogP) is 2.38. The number of rotatable bonds is 8. The second-order valence-electron chi connectivity index (χ2n) is 5.62. The lowest BCUT2D eigenvalue weighted by atomic mass is 10.2. The van der Waals surface area contributed by atoms with Crippen LogP contribution in [0, 0.1) is 0 Å². The third kappa shape index (κ3) is 5.70. The zero-order valence-electron chi connectivity index (χ0n) is 15.5. The van der Waals surface area contributed by atoms with Crippen molar-refractivity contribution in [1.29, 1.82) is 0 Å². The highest BCUT2D eigenvalue weighted by Crippen LogP contribution is 2.29. The number of methoxy groups -OCH3 is 2. The maximum Gasteiger partial charge on any atom is 0.260 e. The molecule has 0 heterocycles. The van der Waals surface area contributed by atoms with Crippen molar-refractivity contribution in [1.82, 2.24) is 5.43 Å². The molecule has 0 radical (unpaired) electrons. The number of hydrazone groups is 1. The fraction of sp³-hybridized carbons (Fsp3) is 0.222. The molecule has 0 spiro atoms. The summed E-state index contributed by atoms with van der Waals surface area (Å²) in [5.74, 6) is 0.303. The summed E-state index contributed by atoms with van der Waals surface area (Å²) in [6.45, 7) is -0.452. The van der Waals surface area contributed by atoms with Gasteiger partial charge in [0.25, 0.3) is 5.91 Å². The van der Waals surface area contributed by atoms with Crippen molar-refractivity contribution in [3.8, 4) is 11.5 Å². The van der Waals surface area contributed by atoms with E-state index in [2.05, 4.69) is 26.5 Å². The molecule has 0 aliphatic carbocycles. The molecule has 0 aliphatic rings. The number of ether oxygens (including phenoxy) is 2. The number of nitrogens with one attached hydrogen (secondary N) is 1. The van der Waals surface area contributed by atoms with Gasteiger partial charge < -0.3 is 9.47 Å². The SMILES string of the molecule is COc1ccc(Br)cc1C=NNC(=O)CN(c1ccccc1OC)S(C)(=O)=O. The van der Waals surface area contributed by atoms with Crippen molar-refractivity contribution in [2.75, 3.05) is 31.3 Å². The third-order valence-electron chi connectivity index (χ3n) is 3.63. The van der Waals surface area contributed by atoms with Crippen LogP contribution in [0.3, 0.4) is 0 Å². The van der Waals surface area contributed by atoms with Crippen LogP contribution in [-0.2, 0) is 14.8 Å². The van der Waals surface area contributed by atoms with E-state index in [9.17, 15) is 13.2 Å². The van der Waals surface area contributed by atoms with Gasteiger partial charge in [-0.3, -0.25) is 9.10 Å². The minimum absolute atomic E-state index is 0.264. The van der Waals surface area contributed by atoms with Gasteiger partial charge in [0.1, 0.15) is 18.0 Å². The fourth-order valence-electron chi connectivity index (χ4n) is 2.36. The smallest absolute Gasteiger partial charge is 0.260 e. The lowest BCUT2D eigenvalue weighted by Crippen LogP contribution is -2.39. The molecule has 0 aliphatic heterocycles. The highest BCUT2D eigenvalue weighted by atomic mass is 79.9. The van der Waals surface area contributed by atoms with Crippen molar-refractivity contribution < 1.29 is 22.7 Å². The summed E-state index contributed by atoms with van der Waals surface area (Å²) in [4.78, 5) is 12.3. The molecule has 0 unspecified atom stereocenters. The minimum Gasteiger partial charge on any atom is -0.496 e. The highest BCUT2D eigenvalue weighted by Gasteiger charge is 2.23. The van der Waals surface area contributed by atoms with Crippen molar-refractivity contribution in [3.05, 3.63) is 52.5 Å². The van der Waals surface area contributed by atoms with Crippen LogP contribution < -0.4 is 19.2 Å². The summed E-state index contributed by atoms with van der Waals surface area (Å²) in [5, 5.41) is 3.88. The van der Waals surface area contributed by atoms with Crippen LogP contribution >= 0.6 is 15.9 Å². The minimum atomic E-state index is -3.72. The largest absolute Gasteiger partial charge is 0.496 e. The van der Waals surface area contributed by atoms with Gasteiger partial charge in [0.05, 0.1) is 32.4 Å². The quantitative estimate of drug-likeness (QED) is 0.472. The average Bonchev–Trinajstić information content (AvgIpc) is 2.65. The lowest BCUT2D eigenvalue weighted by molar-refractivity contribution is -0.119. The predicted molar refractivity (Wildman–Crippen MR) is 112 cm³/mol. The lowest BCUT2D eigenvalue weighted by Gasteiger charge is -2.23. The summed E-state index contributed by atoms with van der Waals surface area (Å²) < 4.78 is 36.6. The number of anilines is 1. The number of nitrogens with zero attached hydrogens (tertiary/aromatic N) is 2. The summed E-state index contributed by atoms with van der Waals surface area (Å²) in [5.41, 5.74) is 3.23. The van der Waals surface area contributed by atoms with Gasteiger partial charge in [-0.25, -0.2) is 13.8 Å². The van der Waals surface area contributed by atoms with Crippen molar-refractivity contribution in [2.24, 2.45) is 5.10 Å². The molecule has 1 N–H and O–H groups in total. The van der Waals surface area contributed by atoms with Gasteiger partial charge in [-0.15, -0.1) is 0 Å². The molecule has 0 bridgehead atoms. The molecule has 0 atom stereocenters. The normalized spacial score (nSPS) is 11.3. The van der Waals surface area contributed by atoms with Gasteiger partial charge in [0.2, 0.25) is 10.0 Å². The first kappa shape index (κ1) is 21.7. The maximum absolute atomic E-state index is 12.3. The number of amides is 1. The van der Waals surface area contributed by atoms with Gasteiger partial charge in [0.15, 0.2) is 0 Å². The van der Waals surface area contributed by atoms with E-state index in [-0.39, 0.29) is 5.69 Å². The Morgan fingerprint density at radius 1 is 1.18 bits per heavy atom. The molecule has 150 valence electrons. The number of hydrogen-bond donors (Lipinski definition) is 1. The Morgan fingerprint density at radius 2 is 1.86 bits per heavy atom. The second kappa shape index (κ2) is 9.56. The standard InChI is InChI=1S/C18H20BrN3O5S/c1-26-16-9-8-14(19)10-13(16)11-20-21-18(23)12-22(28(3,24)25)15-6-4-5-7-17(15)27-2/h4-11H,12H2,1-3H3,(H,21,23). The van der Waals surface area contributed by atoms with Crippen LogP contribution in [0.5, 0.6) is 11.5 Å². The Balaban J connectivity index is 2.16. The molecule has 8 nitrogen and oxygen atoms in total. The molecular weight excluding hydrogens is 450 g/mol. The molecule has 2 aromatic rings. The zero-order valence-corrected chi connectivity index (χ0v) is 18.0. The Kier molecular flexibility index (Phi) is 7.41. The Morgan fingerprint density at radius 3 is 2.50 bits per heavy atom. The zero-order chi connectivity index (χ0) is 20.7. The van der Waals surface area contributed by atoms with Crippen LogP contribution in [0.1, 0.15) is 5.56 Å². The van der Waals surface area contributed by atoms with Crippen LogP contribution in [-0.4, -0.2) is 47.6 Å². The number of hydrogen-bond acceptors (Lipinski definition) is 6. The van der Waals surface area contributed by atoms with Gasteiger partial charge >= 0.3 is 0 Å². The molecule has 0 fully saturated rings. The molecule has 10 heteroatoms. The Hall–Kier alpha value is -2.59. The molecular formula is C18H20BrN3O5S. The highest BCUT2D eigenvalue weighted by molar-refractivity contribution is 9.10. The van der Waals surface area contributed by atoms with Crippen molar-refractivity contribution in [2.45, 2.75) is 0 Å². The number of sulfonamides is 1. The summed E-state index contributed by atoms with van der Waals surface area (Å²) in [7, 11) is -0.775. The Bertz CT molecular complexity index is 979. The number of halogens is 1. The van der Waals surface area contributed by atoms with E-state index in [4.69, 9.17) is 9.47 Å². The van der Waals surface area contributed by atoms with Gasteiger partial charge in [-0.05, 0) is 30.3 Å². The van der Waals surface area contributed by atoms with E-state index in [0.717, 1.165) is 15.0 Å². The maximum atomic E-state index is 12.3. The van der Waals surface area contributed by atoms with Gasteiger partial charge in [0, 0.05) is 10.0 Å². The number of carbonyl (C=O) groups is 1. The molecule has 2 aromatic carbocycles. The van der Waals surface area contributed by atoms with E-state index in [1.165, 1.54) is 20.4 Å². The number of carbonyl (C=O) groups excluding carboxylic acids is 1. The molecule has 0 saturated carbocycles. The number of para-hydroxylation sites is 2. The molecule has 2 rings (SSSR count). The fourth-order valence-corrected chi connectivity index (χ4v) is 3.60. The summed E-state index contributed by atoms with van der Waals surface area (Å²) in [6.07, 6.45) is 2.43. The van der Waals surface area contributed by atoms with Gasteiger partial charge in [-0.1, -0.05) is 28.1 Å². The second-order valence-corrected chi connectivity index (χ2v) is 8.44. The van der Waals surface area contributed by atoms with Crippen molar-refractivity contribution >= 4 is 43.8 Å². The first-order valence-electron chi connectivity index (χ1n) is 8.02. The Labute approximate surface area is 172 Å². The van der Waals surface area contributed by atoms with Crippen LogP contribution in [0.2, 0.25) is 0 Å². The summed E-state index contributed by atoms with van der Waals surface area (Å²) >= 11 is 3.35. The average molecular weight is 470 g/mol. The van der Waals surface area contributed by atoms with Crippen molar-refractivity contribution in [3.63, 3.8) is 0 Å². The van der Waals surface area contributed by atoms with E-state index >= 15 is 0 Å². The molecule has 0 saturated heterocycles. The van der Waals surface area contributed by atoms with E-state index < -0.39 is 22.5 Å². The van der Waals surface area contributed by atoms with Crippen LogP contribution in [0.4, 0.5) is 5.69 Å². The van der Waals surface area contributed by atoms with Gasteiger partial charge in [-0.2, -0.15) is 5.10 Å². The van der Waals surface area contributed by atoms with Crippen LogP contribution in [0.25, 0.3) is 0 Å². The first-order chi connectivity index (χ1) is 13.3. The topological polar surface area (TPSA) is 97.3 Å². The van der Waals surface area contributed by atoms with E-state index in [1.807, 2.05) is 6.07 Å². The molecule has 0 aromatic heterocycles.